The molecule has 290 valence electrons. The van der Waals surface area contributed by atoms with Crippen molar-refractivity contribution in [3.05, 3.63) is 41.7 Å². The zero-order valence-corrected chi connectivity index (χ0v) is 31.9. The fraction of sp³-hybridized carbons (Fsp3) is 0.658. The highest BCUT2D eigenvalue weighted by Crippen LogP contribution is 2.42. The molecule has 5 amide bonds. The van der Waals surface area contributed by atoms with Crippen molar-refractivity contribution in [3.8, 4) is 0 Å². The van der Waals surface area contributed by atoms with E-state index < -0.39 is 53.7 Å². The summed E-state index contributed by atoms with van der Waals surface area (Å²) in [6.45, 7) is 11.3. The molecular weight excluding hydrogens is 678 g/mol. The Labute approximate surface area is 311 Å². The van der Waals surface area contributed by atoms with E-state index >= 15 is 0 Å². The average Bonchev–Trinajstić information content (AvgIpc) is 3.89. The van der Waals surface area contributed by atoms with Gasteiger partial charge in [-0.15, -0.1) is 10.2 Å². The summed E-state index contributed by atoms with van der Waals surface area (Å²) in [7, 11) is 0. The lowest BCUT2D eigenvalue weighted by Crippen LogP contribution is -2.60. The number of Topliss-reactive ketones (excluding diaryl/α,β-unsaturated/α-hetero) is 1. The maximum absolute atomic E-state index is 14.4. The number of nitrogens with one attached hydrogen (secondary N) is 5. The van der Waals surface area contributed by atoms with E-state index in [-0.39, 0.29) is 48.3 Å². The number of nitrogens with zero attached hydrogens (tertiary/aromatic N) is 4. The molecule has 1 aromatic heterocycles. The molecule has 0 radical (unpaired) electrons. The molecule has 4 rings (SSSR count). The molecule has 3 unspecified atom stereocenters. The van der Waals surface area contributed by atoms with Crippen molar-refractivity contribution < 1.29 is 28.8 Å². The van der Waals surface area contributed by atoms with Crippen LogP contribution in [0.3, 0.4) is 0 Å². The average molecular weight is 736 g/mol. The first-order valence-electron chi connectivity index (χ1n) is 19.1. The van der Waals surface area contributed by atoms with Gasteiger partial charge in [-0.25, -0.2) is 0 Å². The number of aromatic nitrogens is 4. The van der Waals surface area contributed by atoms with Crippen molar-refractivity contribution in [3.63, 3.8) is 0 Å². The van der Waals surface area contributed by atoms with Crippen molar-refractivity contribution >= 4 is 35.3 Å². The van der Waals surface area contributed by atoms with Gasteiger partial charge in [0.1, 0.15) is 18.1 Å². The van der Waals surface area contributed by atoms with Gasteiger partial charge in [-0.3, -0.25) is 28.8 Å². The summed E-state index contributed by atoms with van der Waals surface area (Å²) in [5, 5.41) is 25.1. The summed E-state index contributed by atoms with van der Waals surface area (Å²) in [4.78, 5) is 83.1. The fourth-order valence-electron chi connectivity index (χ4n) is 7.51. The van der Waals surface area contributed by atoms with Crippen LogP contribution in [0.1, 0.15) is 110 Å². The van der Waals surface area contributed by atoms with Crippen LogP contribution in [0.5, 0.6) is 0 Å². The van der Waals surface area contributed by atoms with E-state index in [1.54, 1.807) is 11.8 Å². The van der Waals surface area contributed by atoms with Crippen LogP contribution < -0.4 is 21.3 Å². The lowest BCUT2D eigenvalue weighted by molar-refractivity contribution is -0.145. The van der Waals surface area contributed by atoms with Crippen molar-refractivity contribution in [1.29, 1.82) is 0 Å². The second kappa shape index (κ2) is 19.4. The predicted molar refractivity (Wildman–Crippen MR) is 196 cm³/mol. The summed E-state index contributed by atoms with van der Waals surface area (Å²) < 4.78 is 0. The van der Waals surface area contributed by atoms with Gasteiger partial charge in [0, 0.05) is 19.4 Å². The normalized spacial score (nSPS) is 20.3. The SMILES string of the molecule is CCCC(NC(=O)[C@@H]1C2CCCC2CN1C(=O)[C@@H](NC(=O)[C@@H](NC(=O)CCCCc1nn[nH]n1)C(C)C)C(C)C)C(=O)C(=O)N[C@@H](C)c1ccccc1. The van der Waals surface area contributed by atoms with Crippen LogP contribution in [0, 0.1) is 23.7 Å². The third kappa shape index (κ3) is 10.9. The molecule has 15 nitrogen and oxygen atoms in total. The van der Waals surface area contributed by atoms with Gasteiger partial charge >= 0.3 is 0 Å². The Bertz CT molecular complexity index is 1550. The van der Waals surface area contributed by atoms with Gasteiger partial charge < -0.3 is 26.2 Å². The zero-order chi connectivity index (χ0) is 38.7. The molecule has 0 spiro atoms. The molecule has 1 aliphatic heterocycles. The third-order valence-corrected chi connectivity index (χ3v) is 10.5. The van der Waals surface area contributed by atoms with Gasteiger partial charge in [-0.1, -0.05) is 83.0 Å². The lowest BCUT2D eigenvalue weighted by Gasteiger charge is -2.34. The summed E-state index contributed by atoms with van der Waals surface area (Å²) in [5.74, 6) is -3.12. The molecule has 1 saturated heterocycles. The quantitative estimate of drug-likeness (QED) is 0.106. The first-order valence-corrected chi connectivity index (χ1v) is 19.1. The van der Waals surface area contributed by atoms with Crippen molar-refractivity contribution in [1.82, 2.24) is 46.8 Å². The number of carbonyl (C=O) groups excluding carboxylic acids is 6. The van der Waals surface area contributed by atoms with E-state index in [2.05, 4.69) is 41.9 Å². The number of unbranched alkanes of at least 4 members (excludes halogenated alkanes) is 1. The van der Waals surface area contributed by atoms with E-state index in [0.29, 0.717) is 38.1 Å². The van der Waals surface area contributed by atoms with E-state index in [1.807, 2.05) is 65.0 Å². The van der Waals surface area contributed by atoms with Gasteiger partial charge in [-0.2, -0.15) is 5.21 Å². The Morgan fingerprint density at radius 2 is 1.60 bits per heavy atom. The second-order valence-corrected chi connectivity index (χ2v) is 15.2. The molecule has 15 heteroatoms. The highest BCUT2D eigenvalue weighted by Gasteiger charge is 2.51. The highest BCUT2D eigenvalue weighted by atomic mass is 16.2. The maximum atomic E-state index is 14.4. The van der Waals surface area contributed by atoms with E-state index in [0.717, 1.165) is 24.8 Å². The zero-order valence-electron chi connectivity index (χ0n) is 31.9. The van der Waals surface area contributed by atoms with Gasteiger partial charge in [0.25, 0.3) is 5.91 Å². The number of fused-ring (bicyclic) bond motifs is 1. The van der Waals surface area contributed by atoms with Crippen molar-refractivity contribution in [2.45, 2.75) is 130 Å². The molecule has 2 fully saturated rings. The molecule has 0 bridgehead atoms. The van der Waals surface area contributed by atoms with Crippen LogP contribution in [0.25, 0.3) is 0 Å². The number of hydrogen-bond acceptors (Lipinski definition) is 9. The summed E-state index contributed by atoms with van der Waals surface area (Å²) in [5.41, 5.74) is 0.846. The molecule has 5 N–H and O–H groups in total. The maximum Gasteiger partial charge on any atom is 0.290 e. The number of benzene rings is 1. The third-order valence-electron chi connectivity index (χ3n) is 10.5. The van der Waals surface area contributed by atoms with Crippen molar-refractivity contribution in [2.75, 3.05) is 6.54 Å². The van der Waals surface area contributed by atoms with Gasteiger partial charge in [-0.05, 0) is 68.3 Å². The smallest absolute Gasteiger partial charge is 0.290 e. The standard InChI is InChI=1S/C38H57N9O6/c1-7-14-28(34(49)37(52)39-24(6)25-15-9-8-10-16-25)40-36(51)33-27-18-13-17-26(27)21-47(33)38(53)32(23(4)5)42-35(50)31(22(2)3)41-30(48)20-12-11-19-29-43-45-46-44-29/h8-10,15-16,22-24,26-28,31-33H,7,11-14,17-21H2,1-6H3,(H,39,52)(H,40,51)(H,41,48)(H,42,50)(H,43,44,45,46)/t24-,26?,27?,28?,31-,32-,33-/m0/s1. The van der Waals surface area contributed by atoms with E-state index in [1.165, 1.54) is 0 Å². The van der Waals surface area contributed by atoms with Crippen LogP contribution in [-0.2, 0) is 35.2 Å². The molecule has 2 aromatic rings. The molecule has 2 aliphatic rings. The van der Waals surface area contributed by atoms with Gasteiger partial charge in [0.2, 0.25) is 29.4 Å². The number of carbonyl (C=O) groups is 6. The molecule has 1 aromatic carbocycles. The number of ketones is 1. The Morgan fingerprint density at radius 1 is 0.887 bits per heavy atom. The molecule has 1 saturated carbocycles. The second-order valence-electron chi connectivity index (χ2n) is 15.2. The first-order chi connectivity index (χ1) is 25.3. The monoisotopic (exact) mass is 735 g/mol. The Balaban J connectivity index is 1.42. The van der Waals surface area contributed by atoms with E-state index in [9.17, 15) is 28.8 Å². The van der Waals surface area contributed by atoms with Crippen LogP contribution in [0.15, 0.2) is 30.3 Å². The van der Waals surface area contributed by atoms with Gasteiger partial charge in [0.15, 0.2) is 5.82 Å². The molecule has 2 heterocycles. The topological polar surface area (TPSA) is 208 Å². The first kappa shape index (κ1) is 41.1. The molecule has 7 atom stereocenters. The minimum atomic E-state index is -1.05. The highest BCUT2D eigenvalue weighted by molar-refractivity contribution is 6.38. The Hall–Kier alpha value is -4.69. The van der Waals surface area contributed by atoms with Crippen LogP contribution in [0.4, 0.5) is 0 Å². The number of likely N-dealkylation sites (tertiary alicyclic amines) is 1. The molecular formula is C38H57N9O6. The number of aryl methyl sites for hydroxylation is 1. The number of amides is 5. The number of rotatable bonds is 19. The van der Waals surface area contributed by atoms with Gasteiger partial charge in [0.05, 0.1) is 12.1 Å². The Morgan fingerprint density at radius 3 is 2.25 bits per heavy atom. The summed E-state index contributed by atoms with van der Waals surface area (Å²) in [6, 6.07) is 5.16. The largest absolute Gasteiger partial charge is 0.344 e. The number of tetrazole rings is 1. The Kier molecular flexibility index (Phi) is 15.0. The minimum Gasteiger partial charge on any atom is -0.344 e. The van der Waals surface area contributed by atoms with E-state index in [4.69, 9.17) is 0 Å². The summed E-state index contributed by atoms with van der Waals surface area (Å²) in [6.07, 6.45) is 5.39. The lowest BCUT2D eigenvalue weighted by atomic mass is 9.92. The van der Waals surface area contributed by atoms with Crippen LogP contribution >= 0.6 is 0 Å². The minimum absolute atomic E-state index is 0.102. The summed E-state index contributed by atoms with van der Waals surface area (Å²) >= 11 is 0. The van der Waals surface area contributed by atoms with Crippen LogP contribution in [0.2, 0.25) is 0 Å². The molecule has 1 aliphatic carbocycles. The predicted octanol–water partition coefficient (Wildman–Crippen LogP) is 2.55. The fourth-order valence-corrected chi connectivity index (χ4v) is 7.51. The van der Waals surface area contributed by atoms with Crippen LogP contribution in [-0.4, -0.2) is 91.6 Å². The number of hydrogen-bond donors (Lipinski definition) is 5. The molecule has 53 heavy (non-hydrogen) atoms. The number of aromatic amines is 1. The van der Waals surface area contributed by atoms with Crippen molar-refractivity contribution in [2.24, 2.45) is 23.7 Å². The number of H-pyrrole nitrogens is 1.